The summed E-state index contributed by atoms with van der Waals surface area (Å²) in [7, 11) is 0. The van der Waals surface area contributed by atoms with Gasteiger partial charge in [-0.15, -0.1) is 0 Å². The summed E-state index contributed by atoms with van der Waals surface area (Å²) < 4.78 is 29.7. The Morgan fingerprint density at radius 1 is 0.842 bits per heavy atom. The number of fused-ring (bicyclic) bond motifs is 4. The molecule has 4 rings (SSSR count). The van der Waals surface area contributed by atoms with Crippen LogP contribution < -0.4 is 10.9 Å². The van der Waals surface area contributed by atoms with Crippen LogP contribution in [-0.2, 0) is 23.7 Å². The second kappa shape index (κ2) is 3.48. The number of nitrogens with one attached hydrogen (secondary N) is 2. The van der Waals surface area contributed by atoms with Gasteiger partial charge in [0.15, 0.2) is 11.6 Å². The van der Waals surface area contributed by atoms with Crippen LogP contribution >= 0.6 is 0 Å². The van der Waals surface area contributed by atoms with Crippen LogP contribution in [-0.4, -0.2) is 48.4 Å². The van der Waals surface area contributed by atoms with Crippen LogP contribution in [0.2, 0.25) is 0 Å². The van der Waals surface area contributed by atoms with Crippen LogP contribution in [0.4, 0.5) is 0 Å². The first kappa shape index (κ1) is 12.5. The van der Waals surface area contributed by atoms with Crippen molar-refractivity contribution in [3.63, 3.8) is 0 Å². The number of hydrogen-bond acceptors (Lipinski definition) is 7. The third-order valence-electron chi connectivity index (χ3n) is 3.94. The average Bonchev–Trinajstić information content (AvgIpc) is 2.97. The molecule has 0 bridgehead atoms. The number of hydrogen-bond donors (Lipinski definition) is 2. The van der Waals surface area contributed by atoms with Crippen LogP contribution in [0.5, 0.6) is 0 Å². The van der Waals surface area contributed by atoms with Gasteiger partial charge in [0.25, 0.3) is 0 Å². The van der Waals surface area contributed by atoms with Crippen LogP contribution in [0.1, 0.15) is 27.7 Å². The van der Waals surface area contributed by atoms with Gasteiger partial charge in [-0.2, -0.15) is 0 Å². The standard InChI is InChI=1S/C12H20N2O5/c1-10(2)15-5-6-7(17-10)8-9(12(16-6)13-14-12)19-11(3,4)18-8/h6-9,13-14H,5H2,1-4H3/t6-,7-,8+,9+/m1/s1. The fraction of sp³-hybridized carbons (Fsp3) is 1.00. The van der Waals surface area contributed by atoms with Crippen molar-refractivity contribution in [2.45, 2.75) is 69.5 Å². The fourth-order valence-electron chi connectivity index (χ4n) is 3.11. The van der Waals surface area contributed by atoms with E-state index in [1.54, 1.807) is 0 Å². The van der Waals surface area contributed by atoms with Crippen molar-refractivity contribution < 1.29 is 23.7 Å². The second-order valence-electron chi connectivity index (χ2n) is 6.46. The minimum Gasteiger partial charge on any atom is -0.348 e. The molecule has 4 atom stereocenters. The second-order valence-corrected chi connectivity index (χ2v) is 6.46. The van der Waals surface area contributed by atoms with Gasteiger partial charge in [0.2, 0.25) is 5.85 Å². The summed E-state index contributed by atoms with van der Waals surface area (Å²) in [6.45, 7) is 8.09. The van der Waals surface area contributed by atoms with Gasteiger partial charge in [0, 0.05) is 0 Å². The molecule has 7 heteroatoms. The lowest BCUT2D eigenvalue weighted by Gasteiger charge is -2.47. The van der Waals surface area contributed by atoms with Crippen LogP contribution in [0, 0.1) is 0 Å². The maximum Gasteiger partial charge on any atom is 0.230 e. The van der Waals surface area contributed by atoms with Gasteiger partial charge in [-0.1, -0.05) is 0 Å². The molecule has 0 saturated carbocycles. The molecular formula is C12H20N2O5. The Labute approximate surface area is 111 Å². The zero-order valence-electron chi connectivity index (χ0n) is 11.6. The zero-order chi connectivity index (χ0) is 13.5. The smallest absolute Gasteiger partial charge is 0.230 e. The van der Waals surface area contributed by atoms with Gasteiger partial charge in [-0.3, -0.25) is 0 Å². The highest BCUT2D eigenvalue weighted by Gasteiger charge is 2.69. The molecule has 7 nitrogen and oxygen atoms in total. The van der Waals surface area contributed by atoms with E-state index in [-0.39, 0.29) is 24.4 Å². The van der Waals surface area contributed by atoms with E-state index in [9.17, 15) is 0 Å². The predicted octanol–water partition coefficient (Wildman–Crippen LogP) is -0.182. The first-order chi connectivity index (χ1) is 8.80. The quantitative estimate of drug-likeness (QED) is 0.591. The van der Waals surface area contributed by atoms with Gasteiger partial charge >= 0.3 is 0 Å². The highest BCUT2D eigenvalue weighted by atomic mass is 16.8. The molecular weight excluding hydrogens is 252 g/mol. The molecule has 0 aromatic carbocycles. The summed E-state index contributed by atoms with van der Waals surface area (Å²) in [4.78, 5) is 0. The first-order valence-electron chi connectivity index (χ1n) is 6.70. The number of ether oxygens (including phenoxy) is 5. The SMILES string of the molecule is CC1(C)OC[C@H]2OC3(NN3)[C@H]3OC(C)(C)O[C@H]3[C@@H]2O1. The first-order valence-corrected chi connectivity index (χ1v) is 6.70. The van der Waals surface area contributed by atoms with Gasteiger partial charge in [0.1, 0.15) is 24.4 Å². The average molecular weight is 272 g/mol. The number of hydrazine groups is 1. The van der Waals surface area contributed by atoms with Gasteiger partial charge in [-0.25, -0.2) is 10.9 Å². The van der Waals surface area contributed by atoms with Crippen molar-refractivity contribution in [1.82, 2.24) is 10.9 Å². The van der Waals surface area contributed by atoms with E-state index >= 15 is 0 Å². The molecule has 0 amide bonds. The Balaban J connectivity index is 1.65. The van der Waals surface area contributed by atoms with Crippen LogP contribution in [0.15, 0.2) is 0 Å². The molecule has 0 aromatic heterocycles. The molecule has 0 aromatic rings. The Morgan fingerprint density at radius 2 is 1.53 bits per heavy atom. The summed E-state index contributed by atoms with van der Waals surface area (Å²) >= 11 is 0. The van der Waals surface area contributed by atoms with E-state index < -0.39 is 17.4 Å². The van der Waals surface area contributed by atoms with Crippen LogP contribution in [0.25, 0.3) is 0 Å². The Morgan fingerprint density at radius 3 is 2.21 bits per heavy atom. The Kier molecular flexibility index (Phi) is 2.28. The number of rotatable bonds is 0. The molecule has 0 aliphatic carbocycles. The van der Waals surface area contributed by atoms with E-state index in [4.69, 9.17) is 23.7 Å². The van der Waals surface area contributed by atoms with Crippen molar-refractivity contribution in [1.29, 1.82) is 0 Å². The molecule has 0 unspecified atom stereocenters. The minimum atomic E-state index is -0.659. The highest BCUT2D eigenvalue weighted by molar-refractivity contribution is 5.10. The van der Waals surface area contributed by atoms with Crippen molar-refractivity contribution in [2.24, 2.45) is 0 Å². The molecule has 4 heterocycles. The van der Waals surface area contributed by atoms with Gasteiger partial charge in [0.05, 0.1) is 6.61 Å². The van der Waals surface area contributed by atoms with Gasteiger partial charge in [-0.05, 0) is 27.7 Å². The normalized spacial score (nSPS) is 48.6. The van der Waals surface area contributed by atoms with E-state index in [2.05, 4.69) is 10.9 Å². The van der Waals surface area contributed by atoms with Gasteiger partial charge < -0.3 is 23.7 Å². The maximum atomic E-state index is 6.03. The lowest BCUT2D eigenvalue weighted by atomic mass is 9.95. The summed E-state index contributed by atoms with van der Waals surface area (Å²) in [6.07, 6.45) is -0.781. The third-order valence-corrected chi connectivity index (χ3v) is 3.94. The molecule has 0 radical (unpaired) electrons. The summed E-state index contributed by atoms with van der Waals surface area (Å²) in [6, 6.07) is 0. The molecule has 4 aliphatic heterocycles. The molecule has 4 aliphatic rings. The van der Waals surface area contributed by atoms with E-state index in [0.717, 1.165) is 0 Å². The summed E-state index contributed by atoms with van der Waals surface area (Å²) in [5.74, 6) is -1.92. The van der Waals surface area contributed by atoms with E-state index in [0.29, 0.717) is 6.61 Å². The predicted molar refractivity (Wildman–Crippen MR) is 62.6 cm³/mol. The third kappa shape index (κ3) is 1.84. The molecule has 1 spiro atoms. The lowest BCUT2D eigenvalue weighted by molar-refractivity contribution is -0.353. The molecule has 4 saturated heterocycles. The highest BCUT2D eigenvalue weighted by Crippen LogP contribution is 2.46. The molecule has 108 valence electrons. The fourth-order valence-corrected chi connectivity index (χ4v) is 3.11. The summed E-state index contributed by atoms with van der Waals surface area (Å²) in [5.41, 5.74) is 6.05. The van der Waals surface area contributed by atoms with Crippen molar-refractivity contribution in [3.05, 3.63) is 0 Å². The maximum absolute atomic E-state index is 6.03. The lowest BCUT2D eigenvalue weighted by Crippen LogP contribution is -2.66. The van der Waals surface area contributed by atoms with Crippen LogP contribution in [0.3, 0.4) is 0 Å². The molecule has 4 fully saturated rings. The zero-order valence-corrected chi connectivity index (χ0v) is 11.6. The molecule has 2 N–H and O–H groups in total. The summed E-state index contributed by atoms with van der Waals surface area (Å²) in [5, 5.41) is 0. The van der Waals surface area contributed by atoms with Crippen molar-refractivity contribution in [2.75, 3.05) is 6.61 Å². The molecule has 19 heavy (non-hydrogen) atoms. The van der Waals surface area contributed by atoms with Crippen molar-refractivity contribution >= 4 is 0 Å². The van der Waals surface area contributed by atoms with E-state index in [1.807, 2.05) is 27.7 Å². The Bertz CT molecular complexity index is 409. The topological polar surface area (TPSA) is 90.0 Å². The monoisotopic (exact) mass is 272 g/mol. The Hall–Kier alpha value is -0.280. The van der Waals surface area contributed by atoms with E-state index in [1.165, 1.54) is 0 Å². The minimum absolute atomic E-state index is 0.172. The largest absolute Gasteiger partial charge is 0.348 e. The van der Waals surface area contributed by atoms with Crippen molar-refractivity contribution in [3.8, 4) is 0 Å².